The van der Waals surface area contributed by atoms with Crippen molar-refractivity contribution in [2.45, 2.75) is 21.7 Å². The molecule has 0 N–H and O–H groups in total. The first kappa shape index (κ1) is 9.10. The number of rotatable bonds is 1. The van der Waals surface area contributed by atoms with Crippen molar-refractivity contribution in [2.24, 2.45) is 7.05 Å². The number of nitrogens with zero attached hydrogens (tertiary/aromatic N) is 2. The second-order valence-electron chi connectivity index (χ2n) is 4.00. The second-order valence-corrected chi connectivity index (χ2v) is 18.3. The number of aromatic nitrogens is 2. The Morgan fingerprint density at radius 3 is 2.09 bits per heavy atom. The van der Waals surface area contributed by atoms with E-state index in [1.54, 1.807) is 0 Å². The van der Waals surface area contributed by atoms with Crippen molar-refractivity contribution in [3.05, 3.63) is 12.0 Å². The first-order valence-electron chi connectivity index (χ1n) is 3.91. The van der Waals surface area contributed by atoms with Crippen molar-refractivity contribution in [1.82, 2.24) is 9.55 Å². The molecule has 0 atom stereocenters. The molecule has 0 saturated heterocycles. The van der Waals surface area contributed by atoms with Crippen molar-refractivity contribution < 1.29 is 0 Å². The summed E-state index contributed by atoms with van der Waals surface area (Å²) >= 11 is -1.85. The quantitative estimate of drug-likeness (QED) is 0.694. The van der Waals surface area contributed by atoms with Crippen LogP contribution >= 0.6 is 0 Å². The van der Waals surface area contributed by atoms with Crippen LogP contribution in [0.15, 0.2) is 6.20 Å². The van der Waals surface area contributed by atoms with Crippen molar-refractivity contribution in [3.63, 3.8) is 0 Å². The Kier molecular flexibility index (Phi) is 2.32. The van der Waals surface area contributed by atoms with E-state index in [1.165, 1.54) is 3.71 Å². The van der Waals surface area contributed by atoms with Crippen LogP contribution in [0.2, 0.25) is 14.8 Å². The molecule has 2 nitrogen and oxygen atoms in total. The molecule has 11 heavy (non-hydrogen) atoms. The van der Waals surface area contributed by atoms with E-state index in [2.05, 4.69) is 38.3 Å². The molecule has 1 aromatic rings. The Hall–Kier alpha value is 0.00870. The van der Waals surface area contributed by atoms with Crippen LogP contribution in [0, 0.1) is 6.92 Å². The summed E-state index contributed by atoms with van der Waals surface area (Å²) in [5, 5.41) is 0. The maximum atomic E-state index is 4.30. The monoisotopic (exact) mass is 260 g/mol. The molecule has 1 heterocycles. The van der Waals surface area contributed by atoms with Gasteiger partial charge >= 0.3 is 72.4 Å². The van der Waals surface area contributed by atoms with E-state index in [9.17, 15) is 0 Å². The number of imidazole rings is 1. The summed E-state index contributed by atoms with van der Waals surface area (Å²) < 4.78 is 3.73. The van der Waals surface area contributed by atoms with E-state index in [4.69, 9.17) is 0 Å². The van der Waals surface area contributed by atoms with Gasteiger partial charge in [-0.05, 0) is 0 Å². The summed E-state index contributed by atoms with van der Waals surface area (Å²) in [7, 11) is 2.11. The maximum absolute atomic E-state index is 4.30. The Morgan fingerprint density at radius 2 is 1.91 bits per heavy atom. The molecule has 62 valence electrons. The fourth-order valence-corrected chi connectivity index (χ4v) is 5.82. The van der Waals surface area contributed by atoms with Gasteiger partial charge in [0.25, 0.3) is 0 Å². The Morgan fingerprint density at radius 1 is 1.36 bits per heavy atom. The summed E-state index contributed by atoms with van der Waals surface area (Å²) in [4.78, 5) is 11.5. The molecule has 3 heteroatoms. The molecule has 0 radical (unpaired) electrons. The van der Waals surface area contributed by atoms with Gasteiger partial charge in [-0.25, -0.2) is 0 Å². The molecular weight excluding hydrogens is 243 g/mol. The van der Waals surface area contributed by atoms with Gasteiger partial charge < -0.3 is 0 Å². The molecule has 0 bridgehead atoms. The topological polar surface area (TPSA) is 17.8 Å². The van der Waals surface area contributed by atoms with Gasteiger partial charge in [-0.1, -0.05) is 0 Å². The van der Waals surface area contributed by atoms with Crippen LogP contribution < -0.4 is 3.71 Å². The molecular formula is C8H16N2Sn. The van der Waals surface area contributed by atoms with E-state index in [0.29, 0.717) is 0 Å². The minimum absolute atomic E-state index is 1.13. The van der Waals surface area contributed by atoms with Gasteiger partial charge in [0.05, 0.1) is 0 Å². The predicted molar refractivity (Wildman–Crippen MR) is 50.9 cm³/mol. The van der Waals surface area contributed by atoms with Crippen LogP contribution in [0.25, 0.3) is 0 Å². The summed E-state index contributed by atoms with van der Waals surface area (Å²) in [6, 6.07) is 0. The zero-order valence-corrected chi connectivity index (χ0v) is 10.8. The van der Waals surface area contributed by atoms with Gasteiger partial charge in [-0.2, -0.15) is 0 Å². The van der Waals surface area contributed by atoms with Crippen molar-refractivity contribution in [2.75, 3.05) is 0 Å². The van der Waals surface area contributed by atoms with E-state index >= 15 is 0 Å². The zero-order valence-electron chi connectivity index (χ0n) is 7.97. The summed E-state index contributed by atoms with van der Waals surface area (Å²) in [5.74, 6) is 1.13. The molecule has 0 aliphatic heterocycles. The van der Waals surface area contributed by atoms with Crippen LogP contribution in [0.5, 0.6) is 0 Å². The fourth-order valence-electron chi connectivity index (χ4n) is 1.20. The summed E-state index contributed by atoms with van der Waals surface area (Å²) in [6.45, 7) is 2.06. The van der Waals surface area contributed by atoms with E-state index in [-0.39, 0.29) is 0 Å². The molecule has 1 aromatic heterocycles. The molecule has 0 aromatic carbocycles. The normalized spacial score (nSPS) is 12.1. The van der Waals surface area contributed by atoms with Gasteiger partial charge in [-0.3, -0.25) is 0 Å². The molecule has 1 rings (SSSR count). The molecule has 0 saturated carbocycles. The average Bonchev–Trinajstić information content (AvgIpc) is 2.11. The Balaban J connectivity index is 3.15. The van der Waals surface area contributed by atoms with Gasteiger partial charge in [0, 0.05) is 0 Å². The number of hydrogen-bond donors (Lipinski definition) is 0. The average molecular weight is 259 g/mol. The standard InChI is InChI=1S/C5H7N2.3CH3.Sn/c1-5-6-3-4-7(5)2;;;;/h3H,1-2H3;3*1H3;. The number of aryl methyl sites for hydroxylation is 1. The van der Waals surface area contributed by atoms with Crippen LogP contribution in [0.1, 0.15) is 5.82 Å². The van der Waals surface area contributed by atoms with Crippen molar-refractivity contribution >= 4 is 22.1 Å². The third-order valence-electron chi connectivity index (χ3n) is 1.99. The SMILES string of the molecule is Cc1nc[c]([Sn]([CH3])([CH3])[CH3])n1C. The van der Waals surface area contributed by atoms with Crippen molar-refractivity contribution in [3.8, 4) is 0 Å². The summed E-state index contributed by atoms with van der Waals surface area (Å²) in [6.07, 6.45) is 2.05. The molecule has 0 aliphatic carbocycles. The first-order valence-corrected chi connectivity index (χ1v) is 13.9. The predicted octanol–water partition coefficient (Wildman–Crippen LogP) is 1.27. The third-order valence-corrected chi connectivity index (χ3v) is 7.70. The third kappa shape index (κ3) is 1.78. The Labute approximate surface area is 72.5 Å². The van der Waals surface area contributed by atoms with Gasteiger partial charge in [-0.15, -0.1) is 0 Å². The number of hydrogen-bond acceptors (Lipinski definition) is 1. The second kappa shape index (κ2) is 2.81. The molecule has 0 aliphatic rings. The van der Waals surface area contributed by atoms with Gasteiger partial charge in [0.2, 0.25) is 0 Å². The van der Waals surface area contributed by atoms with Crippen LogP contribution in [0.4, 0.5) is 0 Å². The van der Waals surface area contributed by atoms with E-state index < -0.39 is 18.4 Å². The van der Waals surface area contributed by atoms with E-state index in [0.717, 1.165) is 5.82 Å². The van der Waals surface area contributed by atoms with Gasteiger partial charge in [0.1, 0.15) is 0 Å². The zero-order chi connectivity index (χ0) is 8.65. The molecule has 0 amide bonds. The van der Waals surface area contributed by atoms with Crippen molar-refractivity contribution in [1.29, 1.82) is 0 Å². The fraction of sp³-hybridized carbons (Fsp3) is 0.625. The Bertz CT molecular complexity index is 258. The van der Waals surface area contributed by atoms with E-state index in [1.807, 2.05) is 6.20 Å². The van der Waals surface area contributed by atoms with Crippen LogP contribution in [-0.2, 0) is 7.05 Å². The van der Waals surface area contributed by atoms with Crippen LogP contribution in [0.3, 0.4) is 0 Å². The molecule has 0 fully saturated rings. The molecule has 0 unspecified atom stereocenters. The van der Waals surface area contributed by atoms with Gasteiger partial charge in [0.15, 0.2) is 0 Å². The summed E-state index contributed by atoms with van der Waals surface area (Å²) in [5.41, 5.74) is 0. The first-order chi connectivity index (χ1) is 4.93. The van der Waals surface area contributed by atoms with Crippen LogP contribution in [-0.4, -0.2) is 27.9 Å². The minimum atomic E-state index is -1.85. The molecule has 0 spiro atoms.